The number of methoxy groups -OCH3 is 1. The van der Waals surface area contributed by atoms with Gasteiger partial charge >= 0.3 is 12.1 Å². The molecule has 0 aromatic heterocycles. The molecule has 3 amide bonds. The zero-order valence-electron chi connectivity index (χ0n) is 13.1. The quantitative estimate of drug-likeness (QED) is 0.820. The van der Waals surface area contributed by atoms with Gasteiger partial charge in [-0.05, 0) is 31.6 Å². The molecule has 2 atom stereocenters. The summed E-state index contributed by atoms with van der Waals surface area (Å²) in [6, 6.07) is 0.390. The van der Waals surface area contributed by atoms with Crippen LogP contribution in [0.15, 0.2) is 0 Å². The Kier molecular flexibility index (Phi) is 5.70. The number of nitrogens with one attached hydrogen (secondary N) is 2. The SMILES string of the molecule is COC(=O)N1CCC(NC(=O)N[C@H]2CCC[C@@H](C)C2)CC1. The number of amides is 3. The number of likely N-dealkylation sites (tertiary alicyclic amines) is 1. The van der Waals surface area contributed by atoms with Crippen LogP contribution < -0.4 is 10.6 Å². The Bertz CT molecular complexity index is 367. The van der Waals surface area contributed by atoms with Gasteiger partial charge in [0.15, 0.2) is 0 Å². The van der Waals surface area contributed by atoms with Crippen LogP contribution >= 0.6 is 0 Å². The molecule has 0 radical (unpaired) electrons. The van der Waals surface area contributed by atoms with E-state index in [2.05, 4.69) is 17.6 Å². The van der Waals surface area contributed by atoms with Crippen molar-refractivity contribution in [1.82, 2.24) is 15.5 Å². The molecule has 0 aromatic carbocycles. The second-order valence-electron chi connectivity index (χ2n) is 6.32. The Morgan fingerprint density at radius 3 is 2.33 bits per heavy atom. The van der Waals surface area contributed by atoms with Crippen LogP contribution in [0.3, 0.4) is 0 Å². The molecule has 0 bridgehead atoms. The summed E-state index contributed by atoms with van der Waals surface area (Å²) in [6.07, 6.45) is 5.91. The van der Waals surface area contributed by atoms with Gasteiger partial charge in [-0.2, -0.15) is 0 Å². The molecular weight excluding hydrogens is 270 g/mol. The van der Waals surface area contributed by atoms with Gasteiger partial charge in [-0.1, -0.05) is 19.8 Å². The average Bonchev–Trinajstić information content (AvgIpc) is 2.47. The van der Waals surface area contributed by atoms with Gasteiger partial charge in [-0.15, -0.1) is 0 Å². The largest absolute Gasteiger partial charge is 0.453 e. The molecule has 1 aliphatic heterocycles. The topological polar surface area (TPSA) is 70.7 Å². The van der Waals surface area contributed by atoms with E-state index in [0.717, 1.165) is 25.7 Å². The Hall–Kier alpha value is -1.46. The lowest BCUT2D eigenvalue weighted by atomic mass is 9.87. The second kappa shape index (κ2) is 7.52. The summed E-state index contributed by atoms with van der Waals surface area (Å²) in [5.41, 5.74) is 0. The number of carbonyl (C=O) groups is 2. The number of rotatable bonds is 2. The summed E-state index contributed by atoms with van der Waals surface area (Å²) >= 11 is 0. The van der Waals surface area contributed by atoms with Crippen molar-refractivity contribution in [3.63, 3.8) is 0 Å². The van der Waals surface area contributed by atoms with Crippen molar-refractivity contribution in [1.29, 1.82) is 0 Å². The van der Waals surface area contributed by atoms with Crippen LogP contribution in [-0.2, 0) is 4.74 Å². The van der Waals surface area contributed by atoms with Crippen LogP contribution in [0.25, 0.3) is 0 Å². The first-order chi connectivity index (χ1) is 10.1. The maximum absolute atomic E-state index is 12.0. The van der Waals surface area contributed by atoms with Crippen LogP contribution in [-0.4, -0.2) is 49.3 Å². The summed E-state index contributed by atoms with van der Waals surface area (Å²) in [5.74, 6) is 0.701. The van der Waals surface area contributed by atoms with Crippen molar-refractivity contribution in [2.75, 3.05) is 20.2 Å². The van der Waals surface area contributed by atoms with E-state index in [-0.39, 0.29) is 18.2 Å². The van der Waals surface area contributed by atoms with Crippen LogP contribution in [0.2, 0.25) is 0 Å². The maximum atomic E-state index is 12.0. The molecule has 0 aromatic rings. The summed E-state index contributed by atoms with van der Waals surface area (Å²) < 4.78 is 4.70. The van der Waals surface area contributed by atoms with E-state index >= 15 is 0 Å². The van der Waals surface area contributed by atoms with Crippen LogP contribution in [0.1, 0.15) is 45.4 Å². The zero-order chi connectivity index (χ0) is 15.2. The second-order valence-corrected chi connectivity index (χ2v) is 6.32. The third-order valence-corrected chi connectivity index (χ3v) is 4.53. The van der Waals surface area contributed by atoms with Crippen molar-refractivity contribution in [3.05, 3.63) is 0 Å². The minimum absolute atomic E-state index is 0.0642. The third kappa shape index (κ3) is 4.79. The van der Waals surface area contributed by atoms with Crippen molar-refractivity contribution < 1.29 is 14.3 Å². The molecular formula is C15H27N3O3. The standard InChI is InChI=1S/C15H27N3O3/c1-11-4-3-5-13(10-11)17-14(19)16-12-6-8-18(9-7-12)15(20)21-2/h11-13H,3-10H2,1-2H3,(H2,16,17,19)/t11-,13+/m1/s1. The van der Waals surface area contributed by atoms with E-state index in [0.29, 0.717) is 25.0 Å². The molecule has 1 saturated heterocycles. The van der Waals surface area contributed by atoms with Gasteiger partial charge < -0.3 is 20.3 Å². The number of carbonyl (C=O) groups excluding carboxylic acids is 2. The molecule has 2 aliphatic rings. The Morgan fingerprint density at radius 1 is 1.05 bits per heavy atom. The van der Waals surface area contributed by atoms with Crippen LogP contribution in [0.5, 0.6) is 0 Å². The molecule has 1 aliphatic carbocycles. The monoisotopic (exact) mass is 297 g/mol. The highest BCUT2D eigenvalue weighted by molar-refractivity contribution is 5.74. The zero-order valence-corrected chi connectivity index (χ0v) is 13.1. The van der Waals surface area contributed by atoms with Gasteiger partial charge in [0.25, 0.3) is 0 Å². The smallest absolute Gasteiger partial charge is 0.409 e. The molecule has 6 nitrogen and oxygen atoms in total. The van der Waals surface area contributed by atoms with E-state index in [4.69, 9.17) is 4.74 Å². The minimum Gasteiger partial charge on any atom is -0.453 e. The average molecular weight is 297 g/mol. The van der Waals surface area contributed by atoms with Gasteiger partial charge in [-0.25, -0.2) is 9.59 Å². The highest BCUT2D eigenvalue weighted by atomic mass is 16.5. The molecule has 0 spiro atoms. The lowest BCUT2D eigenvalue weighted by Crippen LogP contribution is -2.51. The first-order valence-corrected chi connectivity index (χ1v) is 7.98. The number of hydrogen-bond donors (Lipinski definition) is 2. The summed E-state index contributed by atoms with van der Waals surface area (Å²) in [4.78, 5) is 25.1. The molecule has 0 unspecified atom stereocenters. The van der Waals surface area contributed by atoms with Crippen molar-refractivity contribution >= 4 is 12.1 Å². The van der Waals surface area contributed by atoms with Crippen LogP contribution in [0, 0.1) is 5.92 Å². The van der Waals surface area contributed by atoms with E-state index in [1.54, 1.807) is 4.90 Å². The summed E-state index contributed by atoms with van der Waals surface area (Å²) in [6.45, 7) is 3.52. The van der Waals surface area contributed by atoms with Crippen molar-refractivity contribution in [2.45, 2.75) is 57.5 Å². The minimum atomic E-state index is -0.283. The highest BCUT2D eigenvalue weighted by Gasteiger charge is 2.25. The highest BCUT2D eigenvalue weighted by Crippen LogP contribution is 2.23. The first kappa shape index (κ1) is 15.9. The molecule has 1 heterocycles. The molecule has 6 heteroatoms. The Morgan fingerprint density at radius 2 is 1.71 bits per heavy atom. The van der Waals surface area contributed by atoms with E-state index in [1.165, 1.54) is 20.0 Å². The van der Waals surface area contributed by atoms with E-state index in [9.17, 15) is 9.59 Å². The van der Waals surface area contributed by atoms with E-state index < -0.39 is 0 Å². The Labute approximate surface area is 126 Å². The number of piperidine rings is 1. The molecule has 2 N–H and O–H groups in total. The maximum Gasteiger partial charge on any atom is 0.409 e. The molecule has 1 saturated carbocycles. The van der Waals surface area contributed by atoms with Crippen LogP contribution in [0.4, 0.5) is 9.59 Å². The molecule has 120 valence electrons. The fraction of sp³-hybridized carbons (Fsp3) is 0.867. The first-order valence-electron chi connectivity index (χ1n) is 7.98. The lowest BCUT2D eigenvalue weighted by molar-refractivity contribution is 0.110. The van der Waals surface area contributed by atoms with Crippen molar-refractivity contribution in [3.8, 4) is 0 Å². The van der Waals surface area contributed by atoms with Gasteiger partial charge in [-0.3, -0.25) is 0 Å². The predicted octanol–water partition coefficient (Wildman–Crippen LogP) is 2.10. The van der Waals surface area contributed by atoms with Crippen molar-refractivity contribution in [2.24, 2.45) is 5.92 Å². The normalized spacial score (nSPS) is 27.0. The fourth-order valence-corrected chi connectivity index (χ4v) is 3.31. The predicted molar refractivity (Wildman–Crippen MR) is 80.1 cm³/mol. The molecule has 2 fully saturated rings. The Balaban J connectivity index is 1.68. The van der Waals surface area contributed by atoms with Gasteiger partial charge in [0.05, 0.1) is 7.11 Å². The van der Waals surface area contributed by atoms with Gasteiger partial charge in [0.2, 0.25) is 0 Å². The van der Waals surface area contributed by atoms with Gasteiger partial charge in [0, 0.05) is 25.2 Å². The number of nitrogens with zero attached hydrogens (tertiary/aromatic N) is 1. The third-order valence-electron chi connectivity index (χ3n) is 4.53. The number of ether oxygens (including phenoxy) is 1. The van der Waals surface area contributed by atoms with Gasteiger partial charge in [0.1, 0.15) is 0 Å². The fourth-order valence-electron chi connectivity index (χ4n) is 3.31. The number of urea groups is 1. The molecule has 2 rings (SSSR count). The van der Waals surface area contributed by atoms with E-state index in [1.807, 2.05) is 0 Å². The molecule has 21 heavy (non-hydrogen) atoms. The number of hydrogen-bond acceptors (Lipinski definition) is 3. The lowest BCUT2D eigenvalue weighted by Gasteiger charge is -2.32. The summed E-state index contributed by atoms with van der Waals surface area (Å²) in [5, 5.41) is 6.12. The summed E-state index contributed by atoms with van der Waals surface area (Å²) in [7, 11) is 1.39.